The Kier molecular flexibility index (Phi) is 4.74. The van der Waals surface area contributed by atoms with Crippen molar-refractivity contribution >= 4 is 23.4 Å². The highest BCUT2D eigenvalue weighted by Gasteiger charge is 2.21. The Morgan fingerprint density at radius 1 is 1.25 bits per heavy atom. The number of para-hydroxylation sites is 1. The lowest BCUT2D eigenvalue weighted by molar-refractivity contribution is -0.117. The maximum Gasteiger partial charge on any atom is 0.320 e. The molecule has 1 aromatic carbocycles. The number of anilines is 2. The number of rotatable bonds is 3. The summed E-state index contributed by atoms with van der Waals surface area (Å²) < 4.78 is 1.44. The van der Waals surface area contributed by atoms with E-state index >= 15 is 0 Å². The quantitative estimate of drug-likeness (QED) is 0.888. The van der Waals surface area contributed by atoms with E-state index in [1.54, 1.807) is 11.9 Å². The Hall–Kier alpha value is -2.90. The molecule has 3 rings (SSSR count). The van der Waals surface area contributed by atoms with Crippen LogP contribution in [0.4, 0.5) is 16.3 Å². The van der Waals surface area contributed by atoms with Crippen molar-refractivity contribution in [2.75, 3.05) is 23.3 Å². The largest absolute Gasteiger partial charge is 0.329 e. The van der Waals surface area contributed by atoms with Gasteiger partial charge in [-0.15, -0.1) is 5.10 Å². The van der Waals surface area contributed by atoms with Gasteiger partial charge in [0.05, 0.1) is 12.7 Å². The van der Waals surface area contributed by atoms with E-state index in [1.165, 1.54) is 16.4 Å². The van der Waals surface area contributed by atoms with Crippen LogP contribution in [0.25, 0.3) is 0 Å². The first-order valence-electron chi connectivity index (χ1n) is 7.93. The van der Waals surface area contributed by atoms with Crippen LogP contribution in [0.1, 0.15) is 18.4 Å². The fraction of sp³-hybridized carbons (Fsp3) is 0.375. The minimum Gasteiger partial charge on any atom is -0.329 e. The molecule has 2 aromatic rings. The number of fused-ring (bicyclic) bond motifs is 1. The fourth-order valence-electron chi connectivity index (χ4n) is 2.77. The zero-order chi connectivity index (χ0) is 16.9. The highest BCUT2D eigenvalue weighted by molar-refractivity contribution is 5.98. The number of urea groups is 1. The molecule has 0 saturated carbocycles. The van der Waals surface area contributed by atoms with Gasteiger partial charge in [0, 0.05) is 19.3 Å². The summed E-state index contributed by atoms with van der Waals surface area (Å²) in [5.41, 5.74) is 2.12. The molecule has 2 heterocycles. The second kappa shape index (κ2) is 7.12. The summed E-state index contributed by atoms with van der Waals surface area (Å²) in [7, 11) is 1.67. The lowest BCUT2D eigenvalue weighted by Gasteiger charge is -2.23. The fourth-order valence-corrected chi connectivity index (χ4v) is 2.77. The van der Waals surface area contributed by atoms with E-state index < -0.39 is 6.03 Å². The molecule has 0 spiro atoms. The normalized spacial score (nSPS) is 13.8. The van der Waals surface area contributed by atoms with Crippen molar-refractivity contribution in [2.45, 2.75) is 19.3 Å². The van der Waals surface area contributed by atoms with Crippen molar-refractivity contribution in [3.05, 3.63) is 36.0 Å². The molecule has 8 heteroatoms. The van der Waals surface area contributed by atoms with Crippen molar-refractivity contribution in [1.82, 2.24) is 20.3 Å². The van der Waals surface area contributed by atoms with Gasteiger partial charge in [0.25, 0.3) is 0 Å². The van der Waals surface area contributed by atoms with Gasteiger partial charge in [-0.1, -0.05) is 23.4 Å². The van der Waals surface area contributed by atoms with E-state index in [0.29, 0.717) is 12.4 Å². The number of amides is 3. The molecule has 3 amide bonds. The number of benzene rings is 1. The molecule has 0 aliphatic carbocycles. The summed E-state index contributed by atoms with van der Waals surface area (Å²) in [6.45, 7) is 0.607. The number of nitrogens with one attached hydrogen (secondary N) is 2. The lowest BCUT2D eigenvalue weighted by atomic mass is 10.1. The molecule has 1 aliphatic heterocycles. The van der Waals surface area contributed by atoms with Crippen LogP contribution in [0.2, 0.25) is 0 Å². The molecule has 2 N–H and O–H groups in total. The zero-order valence-corrected chi connectivity index (χ0v) is 13.5. The van der Waals surface area contributed by atoms with Crippen LogP contribution in [0.5, 0.6) is 0 Å². The second-order valence-corrected chi connectivity index (χ2v) is 5.68. The standard InChI is InChI=1S/C16H20N6O2/c1-21-14(10-18-20-21)19-16(24)17-11-15(23)22-9-5-4-7-12-6-2-3-8-13(12)22/h2-3,6,8,10H,4-5,7,9,11H2,1H3,(H2,17,19,24). The summed E-state index contributed by atoms with van der Waals surface area (Å²) in [6, 6.07) is 7.47. The first-order valence-corrected chi connectivity index (χ1v) is 7.93. The molecule has 0 radical (unpaired) electrons. The number of aryl methyl sites for hydroxylation is 2. The molecule has 0 unspecified atom stereocenters. The van der Waals surface area contributed by atoms with Crippen LogP contribution in [0.15, 0.2) is 30.5 Å². The number of carbonyl (C=O) groups excluding carboxylic acids is 2. The predicted molar refractivity (Wildman–Crippen MR) is 89.8 cm³/mol. The monoisotopic (exact) mass is 328 g/mol. The maximum atomic E-state index is 12.5. The molecule has 126 valence electrons. The summed E-state index contributed by atoms with van der Waals surface area (Å²) in [4.78, 5) is 26.2. The lowest BCUT2D eigenvalue weighted by Crippen LogP contribution is -2.42. The Morgan fingerprint density at radius 2 is 2.08 bits per heavy atom. The van der Waals surface area contributed by atoms with Gasteiger partial charge in [0.1, 0.15) is 0 Å². The van der Waals surface area contributed by atoms with E-state index in [9.17, 15) is 9.59 Å². The van der Waals surface area contributed by atoms with E-state index in [4.69, 9.17) is 0 Å². The minimum atomic E-state index is -0.461. The first-order chi connectivity index (χ1) is 11.6. The molecule has 24 heavy (non-hydrogen) atoms. The summed E-state index contributed by atoms with van der Waals surface area (Å²) in [5.74, 6) is 0.336. The van der Waals surface area contributed by atoms with E-state index in [1.807, 2.05) is 18.2 Å². The Labute approximate surface area is 139 Å². The van der Waals surface area contributed by atoms with Crippen molar-refractivity contribution in [2.24, 2.45) is 7.05 Å². The van der Waals surface area contributed by atoms with Gasteiger partial charge >= 0.3 is 6.03 Å². The number of nitrogens with zero attached hydrogens (tertiary/aromatic N) is 4. The number of aromatic nitrogens is 3. The van der Waals surface area contributed by atoms with E-state index in [-0.39, 0.29) is 12.5 Å². The Morgan fingerprint density at radius 3 is 2.88 bits per heavy atom. The van der Waals surface area contributed by atoms with Crippen molar-refractivity contribution < 1.29 is 9.59 Å². The molecular formula is C16H20N6O2. The Bertz CT molecular complexity index is 742. The summed E-state index contributed by atoms with van der Waals surface area (Å²) in [5, 5.41) is 12.6. The third kappa shape index (κ3) is 3.53. The third-order valence-corrected chi connectivity index (χ3v) is 4.02. The molecule has 1 aliphatic rings. The van der Waals surface area contributed by atoms with Gasteiger partial charge < -0.3 is 10.2 Å². The molecule has 0 atom stereocenters. The summed E-state index contributed by atoms with van der Waals surface area (Å²) >= 11 is 0. The highest BCUT2D eigenvalue weighted by atomic mass is 16.2. The Balaban J connectivity index is 1.61. The minimum absolute atomic E-state index is 0.0640. The van der Waals surface area contributed by atoms with Crippen LogP contribution in [-0.4, -0.2) is 40.0 Å². The summed E-state index contributed by atoms with van der Waals surface area (Å²) in [6.07, 6.45) is 4.42. The van der Waals surface area contributed by atoms with Crippen LogP contribution in [0.3, 0.4) is 0 Å². The van der Waals surface area contributed by atoms with Gasteiger partial charge in [-0.25, -0.2) is 9.48 Å². The van der Waals surface area contributed by atoms with Gasteiger partial charge in [-0.05, 0) is 30.9 Å². The van der Waals surface area contributed by atoms with Crippen LogP contribution in [0, 0.1) is 0 Å². The molecular weight excluding hydrogens is 308 g/mol. The molecule has 8 nitrogen and oxygen atoms in total. The topological polar surface area (TPSA) is 92.1 Å². The van der Waals surface area contributed by atoms with E-state index in [2.05, 4.69) is 27.0 Å². The van der Waals surface area contributed by atoms with Crippen molar-refractivity contribution in [3.8, 4) is 0 Å². The molecule has 0 bridgehead atoms. The predicted octanol–water partition coefficient (Wildman–Crippen LogP) is 1.31. The smallest absolute Gasteiger partial charge is 0.320 e. The first kappa shape index (κ1) is 16.0. The van der Waals surface area contributed by atoms with Gasteiger partial charge in [-0.3, -0.25) is 10.1 Å². The SMILES string of the molecule is Cn1nncc1NC(=O)NCC(=O)N1CCCCc2ccccc21. The van der Waals surface area contributed by atoms with Crippen LogP contribution >= 0.6 is 0 Å². The molecule has 0 fully saturated rings. The molecule has 0 saturated heterocycles. The van der Waals surface area contributed by atoms with Crippen LogP contribution in [-0.2, 0) is 18.3 Å². The molecule has 1 aromatic heterocycles. The van der Waals surface area contributed by atoms with Crippen molar-refractivity contribution in [3.63, 3.8) is 0 Å². The maximum absolute atomic E-state index is 12.5. The highest BCUT2D eigenvalue weighted by Crippen LogP contribution is 2.25. The van der Waals surface area contributed by atoms with Gasteiger partial charge in [-0.2, -0.15) is 0 Å². The number of carbonyl (C=O) groups is 2. The van der Waals surface area contributed by atoms with Crippen molar-refractivity contribution in [1.29, 1.82) is 0 Å². The number of hydrogen-bond acceptors (Lipinski definition) is 4. The number of hydrogen-bond donors (Lipinski definition) is 2. The zero-order valence-electron chi connectivity index (χ0n) is 13.5. The van der Waals surface area contributed by atoms with E-state index in [0.717, 1.165) is 24.9 Å². The van der Waals surface area contributed by atoms with Crippen LogP contribution < -0.4 is 15.5 Å². The van der Waals surface area contributed by atoms with Gasteiger partial charge in [0.15, 0.2) is 5.82 Å². The van der Waals surface area contributed by atoms with Gasteiger partial charge in [0.2, 0.25) is 5.91 Å². The third-order valence-electron chi connectivity index (χ3n) is 4.02. The average Bonchev–Trinajstić information content (AvgIpc) is 2.86. The second-order valence-electron chi connectivity index (χ2n) is 5.68. The average molecular weight is 328 g/mol.